The number of nitrogens with two attached hydrogens (primary N) is 1. The molecule has 0 heterocycles. The second-order valence-corrected chi connectivity index (χ2v) is 6.77. The van der Waals surface area contributed by atoms with Crippen LogP contribution >= 0.6 is 11.6 Å². The van der Waals surface area contributed by atoms with Crippen LogP contribution in [-0.4, -0.2) is 30.9 Å². The van der Waals surface area contributed by atoms with E-state index in [1.165, 1.54) is 26.2 Å². The van der Waals surface area contributed by atoms with Gasteiger partial charge in [0.25, 0.3) is 0 Å². The van der Waals surface area contributed by atoms with Gasteiger partial charge in [-0.3, -0.25) is 9.59 Å². The minimum atomic E-state index is -1.04. The second-order valence-electron chi connectivity index (χ2n) is 6.36. The summed E-state index contributed by atoms with van der Waals surface area (Å²) in [7, 11) is 1.38. The lowest BCUT2D eigenvalue weighted by molar-refractivity contribution is -0.116. The molecule has 0 fully saturated rings. The van der Waals surface area contributed by atoms with Gasteiger partial charge in [-0.15, -0.1) is 0 Å². The summed E-state index contributed by atoms with van der Waals surface area (Å²) in [6.45, 7) is 3.39. The van der Waals surface area contributed by atoms with Gasteiger partial charge in [0.2, 0.25) is 11.7 Å². The maximum absolute atomic E-state index is 12.6. The third-order valence-electron chi connectivity index (χ3n) is 4.12. The molecule has 0 radical (unpaired) electrons. The van der Waals surface area contributed by atoms with Crippen molar-refractivity contribution in [3.05, 3.63) is 52.5 Å². The number of ether oxygens (including phenoxy) is 2. The van der Waals surface area contributed by atoms with E-state index in [1.807, 2.05) is 6.92 Å². The Balaban J connectivity index is 2.08. The Morgan fingerprint density at radius 2 is 1.83 bits per heavy atom. The zero-order chi connectivity index (χ0) is 21.6. The Bertz CT molecular complexity index is 912. The maximum Gasteiger partial charge on any atom is 0.342 e. The van der Waals surface area contributed by atoms with Crippen molar-refractivity contribution in [1.82, 2.24) is 0 Å². The van der Waals surface area contributed by atoms with Gasteiger partial charge in [-0.05, 0) is 43.7 Å². The summed E-state index contributed by atoms with van der Waals surface area (Å²) in [4.78, 5) is 36.7. The summed E-state index contributed by atoms with van der Waals surface area (Å²) in [6, 6.07) is 9.13. The first-order chi connectivity index (χ1) is 13.8. The Morgan fingerprint density at radius 1 is 1.17 bits per heavy atom. The van der Waals surface area contributed by atoms with Gasteiger partial charge in [0.05, 0.1) is 17.8 Å². The molecule has 0 saturated carbocycles. The fraction of sp³-hybridized carbons (Fsp3) is 0.286. The molecule has 0 aliphatic heterocycles. The van der Waals surface area contributed by atoms with Gasteiger partial charge in [0, 0.05) is 23.7 Å². The zero-order valence-electron chi connectivity index (χ0n) is 16.5. The number of esters is 1. The minimum Gasteiger partial charge on any atom is -0.496 e. The molecule has 0 aliphatic rings. The topological polar surface area (TPSA) is 108 Å². The first-order valence-corrected chi connectivity index (χ1v) is 9.42. The van der Waals surface area contributed by atoms with Crippen molar-refractivity contribution < 1.29 is 23.9 Å². The third-order valence-corrected chi connectivity index (χ3v) is 4.45. The van der Waals surface area contributed by atoms with E-state index in [-0.39, 0.29) is 33.7 Å². The minimum absolute atomic E-state index is 0.0698. The first kappa shape index (κ1) is 22.2. The zero-order valence-corrected chi connectivity index (χ0v) is 17.2. The van der Waals surface area contributed by atoms with E-state index in [2.05, 4.69) is 5.32 Å². The van der Waals surface area contributed by atoms with Crippen LogP contribution in [0.2, 0.25) is 5.02 Å². The highest BCUT2D eigenvalue weighted by Gasteiger charge is 2.23. The number of anilines is 2. The summed E-state index contributed by atoms with van der Waals surface area (Å²) < 4.78 is 10.4. The van der Waals surface area contributed by atoms with Crippen LogP contribution in [0.5, 0.6) is 5.75 Å². The van der Waals surface area contributed by atoms with Crippen LogP contribution in [0.1, 0.15) is 47.4 Å². The number of nitrogens with one attached hydrogen (secondary N) is 1. The average Bonchev–Trinajstić information content (AvgIpc) is 2.69. The van der Waals surface area contributed by atoms with Gasteiger partial charge in [-0.25, -0.2) is 4.79 Å². The number of nitrogen functional groups attached to an aromatic ring is 1. The summed E-state index contributed by atoms with van der Waals surface area (Å²) in [6.07, 6.45) is 0.130. The van der Waals surface area contributed by atoms with E-state index in [0.717, 1.165) is 6.42 Å². The number of ketones is 1. The molecule has 29 heavy (non-hydrogen) atoms. The predicted molar refractivity (Wildman–Crippen MR) is 112 cm³/mol. The smallest absolute Gasteiger partial charge is 0.342 e. The summed E-state index contributed by atoms with van der Waals surface area (Å²) in [5.41, 5.74) is 6.97. The Kier molecular flexibility index (Phi) is 7.61. The summed E-state index contributed by atoms with van der Waals surface area (Å²) >= 11 is 5.97. The molecule has 0 saturated heterocycles. The molecule has 3 N–H and O–H groups in total. The van der Waals surface area contributed by atoms with Crippen molar-refractivity contribution in [3.8, 4) is 5.75 Å². The number of amides is 1. The van der Waals surface area contributed by atoms with E-state index in [9.17, 15) is 14.4 Å². The van der Waals surface area contributed by atoms with Crippen molar-refractivity contribution in [2.75, 3.05) is 18.2 Å². The van der Waals surface area contributed by atoms with Crippen molar-refractivity contribution in [3.63, 3.8) is 0 Å². The average molecular weight is 419 g/mol. The van der Waals surface area contributed by atoms with Crippen molar-refractivity contribution in [1.29, 1.82) is 0 Å². The van der Waals surface area contributed by atoms with E-state index in [4.69, 9.17) is 26.8 Å². The monoisotopic (exact) mass is 418 g/mol. The van der Waals surface area contributed by atoms with E-state index >= 15 is 0 Å². The molecule has 1 amide bonds. The summed E-state index contributed by atoms with van der Waals surface area (Å²) in [5.74, 6) is -1.04. The van der Waals surface area contributed by atoms with Gasteiger partial charge in [0.1, 0.15) is 11.3 Å². The van der Waals surface area contributed by atoms with Crippen molar-refractivity contribution in [2.45, 2.75) is 32.8 Å². The summed E-state index contributed by atoms with van der Waals surface area (Å²) in [5, 5.41) is 2.92. The number of rotatable bonds is 8. The predicted octanol–water partition coefficient (Wildman–Crippen LogP) is 4.10. The van der Waals surface area contributed by atoms with Crippen molar-refractivity contribution in [2.24, 2.45) is 0 Å². The number of carbonyl (C=O) groups excluding carboxylic acids is 3. The Hall–Kier alpha value is -3.06. The highest BCUT2D eigenvalue weighted by atomic mass is 35.5. The normalized spacial score (nSPS) is 11.4. The highest BCUT2D eigenvalue weighted by Crippen LogP contribution is 2.29. The quantitative estimate of drug-likeness (QED) is 0.379. The number of benzene rings is 2. The number of hydrogen-bond acceptors (Lipinski definition) is 6. The molecule has 2 aromatic rings. The molecule has 0 spiro atoms. The SMILES string of the molecule is CCCC(=O)Nc1ccc(C(=O)[C@@H](C)OC(=O)c2cc(Cl)c(N)cc2OC)cc1. The molecule has 154 valence electrons. The van der Waals surface area contributed by atoms with Crippen LogP contribution in [0.25, 0.3) is 0 Å². The van der Waals surface area contributed by atoms with Gasteiger partial charge in [-0.1, -0.05) is 18.5 Å². The van der Waals surface area contributed by atoms with Crippen LogP contribution in [0.3, 0.4) is 0 Å². The number of halogens is 1. The number of methoxy groups -OCH3 is 1. The van der Waals surface area contributed by atoms with Crippen LogP contribution in [0.15, 0.2) is 36.4 Å². The lowest BCUT2D eigenvalue weighted by Gasteiger charge is -2.15. The molecule has 2 aromatic carbocycles. The molecular weight excluding hydrogens is 396 g/mol. The third kappa shape index (κ3) is 5.71. The molecule has 0 bridgehead atoms. The molecule has 0 unspecified atom stereocenters. The molecule has 1 atom stereocenters. The van der Waals surface area contributed by atoms with E-state index < -0.39 is 12.1 Å². The molecule has 0 aliphatic carbocycles. The van der Waals surface area contributed by atoms with E-state index in [1.54, 1.807) is 24.3 Å². The number of hydrogen-bond donors (Lipinski definition) is 2. The Labute approximate surface area is 174 Å². The lowest BCUT2D eigenvalue weighted by atomic mass is 10.1. The molecule has 8 heteroatoms. The fourth-order valence-corrected chi connectivity index (χ4v) is 2.74. The van der Waals surface area contributed by atoms with Crippen LogP contribution < -0.4 is 15.8 Å². The second kappa shape index (κ2) is 9.93. The molecule has 2 rings (SSSR count). The first-order valence-electron chi connectivity index (χ1n) is 9.04. The largest absolute Gasteiger partial charge is 0.496 e. The highest BCUT2D eigenvalue weighted by molar-refractivity contribution is 6.33. The van der Waals surface area contributed by atoms with Crippen LogP contribution in [0, 0.1) is 0 Å². The van der Waals surface area contributed by atoms with Gasteiger partial charge < -0.3 is 20.5 Å². The van der Waals surface area contributed by atoms with Crippen LogP contribution in [0.4, 0.5) is 11.4 Å². The van der Waals surface area contributed by atoms with Gasteiger partial charge in [0.15, 0.2) is 6.10 Å². The van der Waals surface area contributed by atoms with Crippen LogP contribution in [-0.2, 0) is 9.53 Å². The van der Waals surface area contributed by atoms with E-state index in [0.29, 0.717) is 17.7 Å². The molecule has 7 nitrogen and oxygen atoms in total. The lowest BCUT2D eigenvalue weighted by Crippen LogP contribution is -2.24. The van der Waals surface area contributed by atoms with Crippen molar-refractivity contribution >= 4 is 40.6 Å². The molecular formula is C21H23ClN2O5. The maximum atomic E-state index is 12.6. The standard InChI is InChI=1S/C21H23ClN2O5/c1-4-5-19(25)24-14-8-6-13(7-9-14)20(26)12(2)29-21(27)15-10-16(22)17(23)11-18(15)28-3/h6-12H,4-5,23H2,1-3H3,(H,24,25)/t12-/m1/s1. The number of carbonyl (C=O) groups is 3. The molecule has 0 aromatic heterocycles. The van der Waals surface area contributed by atoms with Gasteiger partial charge in [-0.2, -0.15) is 0 Å². The van der Waals surface area contributed by atoms with Gasteiger partial charge >= 0.3 is 5.97 Å². The number of Topliss-reactive ketones (excluding diaryl/α,β-unsaturated/α-hetero) is 1. The Morgan fingerprint density at radius 3 is 2.41 bits per heavy atom. The fourth-order valence-electron chi connectivity index (χ4n) is 2.58.